The Hall–Kier alpha value is -3.19. The van der Waals surface area contributed by atoms with Gasteiger partial charge in [-0.1, -0.05) is 11.8 Å². The Bertz CT molecular complexity index is 972. The largest absolute Gasteiger partial charge is 0.494 e. The van der Waals surface area contributed by atoms with Crippen molar-refractivity contribution in [2.24, 2.45) is 0 Å². The van der Waals surface area contributed by atoms with Crippen LogP contribution in [0.1, 0.15) is 24.2 Å². The van der Waals surface area contributed by atoms with Gasteiger partial charge in [0, 0.05) is 16.8 Å². The molecule has 0 aliphatic rings. The number of anilines is 1. The van der Waals surface area contributed by atoms with Crippen molar-refractivity contribution in [3.63, 3.8) is 0 Å². The molecule has 0 saturated heterocycles. The molecule has 148 valence electrons. The van der Waals surface area contributed by atoms with E-state index in [-0.39, 0.29) is 17.4 Å². The van der Waals surface area contributed by atoms with E-state index in [2.05, 4.69) is 15.5 Å². The van der Waals surface area contributed by atoms with Gasteiger partial charge in [-0.2, -0.15) is 0 Å². The van der Waals surface area contributed by atoms with Crippen LogP contribution in [0.4, 0.5) is 5.69 Å². The smallest absolute Gasteiger partial charge is 0.234 e. The number of aromatic nitrogens is 2. The topological polar surface area (TPSA) is 81.2 Å². The van der Waals surface area contributed by atoms with Gasteiger partial charge in [0.25, 0.3) is 0 Å². The van der Waals surface area contributed by atoms with Crippen molar-refractivity contribution >= 4 is 29.1 Å². The van der Waals surface area contributed by atoms with Gasteiger partial charge in [0.05, 0.1) is 18.1 Å². The standard InChI is InChI=1S/C22H21N3O3S/c1-3-28-19-10-6-17(7-11-19)20-12-13-22(25-24-20)29-14-21(27)23-18-8-4-16(5-9-18)15(2)26/h4-13H,3,14H2,1-2H3,(H,23,27). The minimum atomic E-state index is -0.150. The zero-order valence-electron chi connectivity index (χ0n) is 16.2. The van der Waals surface area contributed by atoms with Gasteiger partial charge in [-0.3, -0.25) is 9.59 Å². The van der Waals surface area contributed by atoms with E-state index >= 15 is 0 Å². The van der Waals surface area contributed by atoms with Gasteiger partial charge < -0.3 is 10.1 Å². The maximum absolute atomic E-state index is 12.1. The summed E-state index contributed by atoms with van der Waals surface area (Å²) in [4.78, 5) is 23.4. The van der Waals surface area contributed by atoms with E-state index in [0.29, 0.717) is 22.9 Å². The van der Waals surface area contributed by atoms with Crippen LogP contribution in [0.5, 0.6) is 5.75 Å². The Labute approximate surface area is 173 Å². The van der Waals surface area contributed by atoms with Crippen LogP contribution in [0, 0.1) is 0 Å². The maximum atomic E-state index is 12.1. The van der Waals surface area contributed by atoms with Crippen LogP contribution < -0.4 is 10.1 Å². The molecule has 2 aromatic carbocycles. The molecule has 29 heavy (non-hydrogen) atoms. The molecule has 1 N–H and O–H groups in total. The van der Waals surface area contributed by atoms with Gasteiger partial charge in [0.1, 0.15) is 10.8 Å². The fourth-order valence-electron chi connectivity index (χ4n) is 2.56. The van der Waals surface area contributed by atoms with Crippen molar-refractivity contribution < 1.29 is 14.3 Å². The van der Waals surface area contributed by atoms with Crippen LogP contribution >= 0.6 is 11.8 Å². The molecule has 1 aromatic heterocycles. The number of ether oxygens (including phenoxy) is 1. The van der Waals surface area contributed by atoms with Crippen LogP contribution in [0.3, 0.4) is 0 Å². The molecule has 1 heterocycles. The lowest BCUT2D eigenvalue weighted by Gasteiger charge is -2.06. The van der Waals surface area contributed by atoms with E-state index in [0.717, 1.165) is 17.0 Å². The van der Waals surface area contributed by atoms with Gasteiger partial charge >= 0.3 is 0 Å². The molecule has 0 fully saturated rings. The number of carbonyl (C=O) groups excluding carboxylic acids is 2. The zero-order valence-corrected chi connectivity index (χ0v) is 17.0. The van der Waals surface area contributed by atoms with Gasteiger partial charge in [-0.15, -0.1) is 10.2 Å². The molecule has 0 aliphatic heterocycles. The number of thioether (sulfide) groups is 1. The number of rotatable bonds is 8. The van der Waals surface area contributed by atoms with Crippen LogP contribution in [-0.4, -0.2) is 34.2 Å². The number of hydrogen-bond donors (Lipinski definition) is 1. The first-order valence-electron chi connectivity index (χ1n) is 9.16. The van der Waals surface area contributed by atoms with Gasteiger partial charge in [0.15, 0.2) is 5.78 Å². The molecule has 0 bridgehead atoms. The number of hydrogen-bond acceptors (Lipinski definition) is 6. The first-order chi connectivity index (χ1) is 14.0. The second-order valence-corrected chi connectivity index (χ2v) is 7.18. The summed E-state index contributed by atoms with van der Waals surface area (Å²) in [7, 11) is 0. The van der Waals surface area contributed by atoms with E-state index in [9.17, 15) is 9.59 Å². The molecule has 0 aliphatic carbocycles. The van der Waals surface area contributed by atoms with Crippen LogP contribution in [0.15, 0.2) is 65.7 Å². The molecule has 0 atom stereocenters. The van der Waals surface area contributed by atoms with Crippen LogP contribution in [-0.2, 0) is 4.79 Å². The van der Waals surface area contributed by atoms with Crippen molar-refractivity contribution in [2.75, 3.05) is 17.7 Å². The second kappa shape index (κ2) is 9.84. The Kier molecular flexibility index (Phi) is 6.97. The fourth-order valence-corrected chi connectivity index (χ4v) is 3.18. The monoisotopic (exact) mass is 407 g/mol. The lowest BCUT2D eigenvalue weighted by atomic mass is 10.1. The summed E-state index contributed by atoms with van der Waals surface area (Å²) >= 11 is 1.31. The van der Waals surface area contributed by atoms with Crippen molar-refractivity contribution in [1.29, 1.82) is 0 Å². The normalized spacial score (nSPS) is 10.4. The molecule has 0 unspecified atom stereocenters. The number of amides is 1. The average Bonchev–Trinajstić information content (AvgIpc) is 2.74. The van der Waals surface area contributed by atoms with Crippen molar-refractivity contribution in [1.82, 2.24) is 10.2 Å². The predicted molar refractivity (Wildman–Crippen MR) is 114 cm³/mol. The minimum absolute atomic E-state index is 0.00862. The van der Waals surface area contributed by atoms with Gasteiger partial charge in [-0.05, 0) is 74.5 Å². The van der Waals surface area contributed by atoms with Crippen molar-refractivity contribution in [3.05, 3.63) is 66.2 Å². The summed E-state index contributed by atoms with van der Waals surface area (Å²) < 4.78 is 5.44. The third kappa shape index (κ3) is 5.89. The molecular formula is C22H21N3O3S. The fraction of sp³-hybridized carbons (Fsp3) is 0.182. The third-order valence-electron chi connectivity index (χ3n) is 4.03. The molecule has 0 saturated carbocycles. The van der Waals surface area contributed by atoms with E-state index in [1.807, 2.05) is 43.3 Å². The van der Waals surface area contributed by atoms with Gasteiger partial charge in [0.2, 0.25) is 5.91 Å². The Morgan fingerprint density at radius 1 is 0.966 bits per heavy atom. The molecule has 0 spiro atoms. The van der Waals surface area contributed by atoms with Crippen molar-refractivity contribution in [2.45, 2.75) is 18.9 Å². The third-order valence-corrected chi connectivity index (χ3v) is 4.95. The van der Waals surface area contributed by atoms with Crippen molar-refractivity contribution in [3.8, 4) is 17.0 Å². The zero-order chi connectivity index (χ0) is 20.6. The quantitative estimate of drug-likeness (QED) is 0.438. The lowest BCUT2D eigenvalue weighted by molar-refractivity contribution is -0.113. The number of benzene rings is 2. The van der Waals surface area contributed by atoms with E-state index in [1.165, 1.54) is 18.7 Å². The summed E-state index contributed by atoms with van der Waals surface area (Å²) in [5, 5.41) is 11.9. The minimum Gasteiger partial charge on any atom is -0.494 e. The molecule has 3 rings (SSSR count). The number of ketones is 1. The summed E-state index contributed by atoms with van der Waals surface area (Å²) in [6.45, 7) is 4.08. The highest BCUT2D eigenvalue weighted by molar-refractivity contribution is 7.99. The Morgan fingerprint density at radius 3 is 2.28 bits per heavy atom. The van der Waals surface area contributed by atoms with Crippen LogP contribution in [0.2, 0.25) is 0 Å². The van der Waals surface area contributed by atoms with Crippen LogP contribution in [0.25, 0.3) is 11.3 Å². The maximum Gasteiger partial charge on any atom is 0.234 e. The average molecular weight is 407 g/mol. The highest BCUT2D eigenvalue weighted by atomic mass is 32.2. The van der Waals surface area contributed by atoms with E-state index in [1.54, 1.807) is 24.3 Å². The Balaban J connectivity index is 1.52. The number of nitrogens with one attached hydrogen (secondary N) is 1. The second-order valence-electron chi connectivity index (χ2n) is 6.18. The van der Waals surface area contributed by atoms with E-state index in [4.69, 9.17) is 4.74 Å². The highest BCUT2D eigenvalue weighted by Crippen LogP contribution is 2.22. The Morgan fingerprint density at radius 2 is 1.69 bits per heavy atom. The summed E-state index contributed by atoms with van der Waals surface area (Å²) in [5.74, 6) is 0.873. The van der Waals surface area contributed by atoms with E-state index < -0.39 is 0 Å². The first kappa shape index (κ1) is 20.5. The SMILES string of the molecule is CCOc1ccc(-c2ccc(SCC(=O)Nc3ccc(C(C)=O)cc3)nn2)cc1. The highest BCUT2D eigenvalue weighted by Gasteiger charge is 2.07. The molecule has 7 heteroatoms. The summed E-state index contributed by atoms with van der Waals surface area (Å²) in [6.07, 6.45) is 0. The summed E-state index contributed by atoms with van der Waals surface area (Å²) in [5.41, 5.74) is 2.97. The number of nitrogens with zero attached hydrogens (tertiary/aromatic N) is 2. The molecule has 0 radical (unpaired) electrons. The number of carbonyl (C=O) groups is 2. The molecular weight excluding hydrogens is 386 g/mol. The lowest BCUT2D eigenvalue weighted by Crippen LogP contribution is -2.14. The van der Waals surface area contributed by atoms with Gasteiger partial charge in [-0.25, -0.2) is 0 Å². The molecule has 3 aromatic rings. The molecule has 6 nitrogen and oxygen atoms in total. The molecule has 1 amide bonds. The number of Topliss-reactive ketones (excluding diaryl/α,β-unsaturated/α-hetero) is 1. The first-order valence-corrected chi connectivity index (χ1v) is 10.1. The summed E-state index contributed by atoms with van der Waals surface area (Å²) in [6, 6.07) is 18.2. The predicted octanol–water partition coefficient (Wildman–Crippen LogP) is 4.48.